The molecule has 1 fully saturated rings. The zero-order valence-electron chi connectivity index (χ0n) is 27.9. The number of ether oxygens (including phenoxy) is 2. The van der Waals surface area contributed by atoms with Gasteiger partial charge in [-0.1, -0.05) is 37.6 Å². The number of benzene rings is 1. The van der Waals surface area contributed by atoms with Crippen molar-refractivity contribution in [2.24, 2.45) is 0 Å². The summed E-state index contributed by atoms with van der Waals surface area (Å²) in [6.07, 6.45) is 2.44. The number of nitrogens with one attached hydrogen (secondary N) is 1. The van der Waals surface area contributed by atoms with Gasteiger partial charge in [0.2, 0.25) is 11.8 Å². The van der Waals surface area contributed by atoms with E-state index in [1.807, 2.05) is 24.3 Å². The van der Waals surface area contributed by atoms with Gasteiger partial charge in [0, 0.05) is 59.9 Å². The smallest absolute Gasteiger partial charge is 0.327 e. The van der Waals surface area contributed by atoms with Gasteiger partial charge in [0.25, 0.3) is 0 Å². The summed E-state index contributed by atoms with van der Waals surface area (Å²) in [5, 5.41) is 0. The van der Waals surface area contributed by atoms with Gasteiger partial charge in [0.1, 0.15) is 5.52 Å². The fourth-order valence-corrected chi connectivity index (χ4v) is 5.27. The van der Waals surface area contributed by atoms with E-state index in [-0.39, 0.29) is 48.3 Å². The van der Waals surface area contributed by atoms with Crippen LogP contribution < -0.4 is 16.2 Å². The lowest BCUT2D eigenvalue weighted by molar-refractivity contribution is -0.139. The number of nitrogens with zero attached hydrogens (tertiary/aromatic N) is 7. The van der Waals surface area contributed by atoms with Gasteiger partial charge < -0.3 is 30.0 Å². The van der Waals surface area contributed by atoms with Crippen molar-refractivity contribution in [3.8, 4) is 6.01 Å². The van der Waals surface area contributed by atoms with Crippen LogP contribution in [0.1, 0.15) is 37.3 Å². The van der Waals surface area contributed by atoms with E-state index >= 15 is 0 Å². The van der Waals surface area contributed by atoms with E-state index in [4.69, 9.17) is 15.2 Å². The summed E-state index contributed by atoms with van der Waals surface area (Å²) in [5.74, 6) is -0.163. The number of imidazole rings is 1. The lowest BCUT2D eigenvalue weighted by atomic mass is 10.1. The summed E-state index contributed by atoms with van der Waals surface area (Å²) in [6, 6.07) is 7.65. The summed E-state index contributed by atoms with van der Waals surface area (Å²) < 4.78 is 11.9. The number of hydrogen-bond acceptors (Lipinski definition) is 11. The number of H-pyrrole nitrogens is 1. The van der Waals surface area contributed by atoms with Crippen molar-refractivity contribution < 1.29 is 23.9 Å². The molecule has 47 heavy (non-hydrogen) atoms. The van der Waals surface area contributed by atoms with Crippen LogP contribution in [-0.2, 0) is 38.6 Å². The van der Waals surface area contributed by atoms with Crippen LogP contribution in [0.5, 0.6) is 6.01 Å². The molecule has 4 rings (SSSR count). The number of hydrogen-bond donors (Lipinski definition) is 2. The maximum absolute atomic E-state index is 13.7. The molecule has 1 saturated heterocycles. The monoisotopic (exact) mass is 653 g/mol. The number of nitrogen functional groups attached to an aromatic ring is 1. The predicted molar refractivity (Wildman–Crippen MR) is 177 cm³/mol. The number of amides is 2. The second kappa shape index (κ2) is 16.9. The minimum atomic E-state index is -0.364. The normalized spacial score (nSPS) is 13.9. The number of unbranched alkanes of at least 4 members (excludes halogenated alkanes) is 1. The molecule has 3 N–H and O–H groups in total. The van der Waals surface area contributed by atoms with E-state index in [0.29, 0.717) is 76.5 Å². The predicted octanol–water partition coefficient (Wildman–Crippen LogP) is 0.721. The Kier molecular flexibility index (Phi) is 12.7. The minimum Gasteiger partial charge on any atom is -0.469 e. The van der Waals surface area contributed by atoms with Crippen molar-refractivity contribution in [1.82, 2.24) is 39.1 Å². The quantitative estimate of drug-likeness (QED) is 0.165. The Labute approximate surface area is 274 Å². The molecule has 15 nitrogen and oxygen atoms in total. The molecular weight excluding hydrogens is 606 g/mol. The molecule has 256 valence electrons. The maximum Gasteiger partial charge on any atom is 0.327 e. The van der Waals surface area contributed by atoms with E-state index in [2.05, 4.69) is 31.7 Å². The number of carbonyl (C=O) groups excluding carboxylic acids is 3. The summed E-state index contributed by atoms with van der Waals surface area (Å²) in [5.41, 5.74) is 8.19. The number of methoxy groups -OCH3 is 1. The Hall–Kier alpha value is -4.50. The van der Waals surface area contributed by atoms with Gasteiger partial charge in [-0.2, -0.15) is 9.97 Å². The molecule has 0 saturated carbocycles. The van der Waals surface area contributed by atoms with Crippen LogP contribution in [0.4, 0.5) is 5.82 Å². The van der Waals surface area contributed by atoms with E-state index in [1.165, 1.54) is 11.7 Å². The molecule has 1 aromatic carbocycles. The SMILES string of the molecule is CCCCOc1nc(N)c2[nH]c(=O)n(CCCN(Cc3ccc(CC(=O)OC)cc3)C(=O)CN3CCN(CC(=O)N(C)C)CC3)c2n1. The van der Waals surface area contributed by atoms with Crippen molar-refractivity contribution >= 4 is 34.8 Å². The third-order valence-electron chi connectivity index (χ3n) is 8.18. The number of nitrogens with two attached hydrogens (primary N) is 1. The van der Waals surface area contributed by atoms with Crippen LogP contribution in [0.2, 0.25) is 0 Å². The van der Waals surface area contributed by atoms with Crippen LogP contribution in [0.25, 0.3) is 11.2 Å². The molecule has 15 heteroatoms. The molecule has 0 radical (unpaired) electrons. The molecule has 0 unspecified atom stereocenters. The average molecular weight is 654 g/mol. The third kappa shape index (κ3) is 9.99. The molecule has 0 aliphatic carbocycles. The first-order chi connectivity index (χ1) is 22.6. The second-order valence-corrected chi connectivity index (χ2v) is 12.0. The fraction of sp³-hybridized carbons (Fsp3) is 0.562. The average Bonchev–Trinajstić information content (AvgIpc) is 3.37. The van der Waals surface area contributed by atoms with Crippen LogP contribution >= 0.6 is 0 Å². The van der Waals surface area contributed by atoms with Gasteiger partial charge in [0.05, 0.1) is 33.2 Å². The van der Waals surface area contributed by atoms with Gasteiger partial charge >= 0.3 is 17.7 Å². The van der Waals surface area contributed by atoms with Gasteiger partial charge in [-0.3, -0.25) is 28.8 Å². The number of fused-ring (bicyclic) bond motifs is 1. The topological polar surface area (TPSA) is 172 Å². The number of aromatic amines is 1. The Morgan fingerprint density at radius 2 is 1.60 bits per heavy atom. The lowest BCUT2D eigenvalue weighted by Gasteiger charge is -2.35. The number of piperazine rings is 1. The van der Waals surface area contributed by atoms with Gasteiger partial charge in [0.15, 0.2) is 11.5 Å². The largest absolute Gasteiger partial charge is 0.469 e. The number of aryl methyl sites for hydroxylation is 1. The van der Waals surface area contributed by atoms with Crippen molar-refractivity contribution in [2.75, 3.05) is 79.4 Å². The lowest BCUT2D eigenvalue weighted by Crippen LogP contribution is -2.51. The third-order valence-corrected chi connectivity index (χ3v) is 8.18. The molecular formula is C32H47N9O6. The molecule has 3 heterocycles. The van der Waals surface area contributed by atoms with Crippen LogP contribution in [0, 0.1) is 0 Å². The van der Waals surface area contributed by atoms with Crippen LogP contribution in [-0.4, -0.2) is 131 Å². The molecule has 2 amide bonds. The maximum atomic E-state index is 13.7. The number of likely N-dealkylation sites (N-methyl/N-ethyl adjacent to an activating group) is 1. The van der Waals surface area contributed by atoms with Crippen molar-refractivity contribution in [2.45, 2.75) is 45.7 Å². The molecule has 0 atom stereocenters. The molecule has 3 aromatic rings. The van der Waals surface area contributed by atoms with Gasteiger partial charge in [-0.05, 0) is 24.0 Å². The van der Waals surface area contributed by atoms with E-state index in [9.17, 15) is 19.2 Å². The number of anilines is 1. The summed E-state index contributed by atoms with van der Waals surface area (Å²) in [7, 11) is 4.85. The fourth-order valence-electron chi connectivity index (χ4n) is 5.27. The highest BCUT2D eigenvalue weighted by Gasteiger charge is 2.24. The zero-order chi connectivity index (χ0) is 33.9. The van der Waals surface area contributed by atoms with Crippen LogP contribution in [0.3, 0.4) is 0 Å². The summed E-state index contributed by atoms with van der Waals surface area (Å²) in [6.45, 7) is 6.91. The number of aromatic nitrogens is 4. The van der Waals surface area contributed by atoms with Crippen molar-refractivity contribution in [1.29, 1.82) is 0 Å². The Morgan fingerprint density at radius 1 is 0.957 bits per heavy atom. The molecule has 1 aliphatic heterocycles. The molecule has 0 bridgehead atoms. The number of esters is 1. The highest BCUT2D eigenvalue weighted by atomic mass is 16.5. The van der Waals surface area contributed by atoms with E-state index in [1.54, 1.807) is 23.9 Å². The number of carbonyl (C=O) groups is 3. The van der Waals surface area contributed by atoms with Gasteiger partial charge in [-0.15, -0.1) is 0 Å². The molecule has 2 aromatic heterocycles. The Morgan fingerprint density at radius 3 is 2.21 bits per heavy atom. The standard InChI is InChI=1S/C32H47N9O6/c1-5-6-18-47-31-35-29(33)28-30(36-31)41(32(45)34-28)13-7-12-40(20-24-10-8-23(9-11-24)19-27(44)46-4)26(43)22-39-16-14-38(15-17-39)21-25(42)37(2)3/h8-11H,5-7,12-22H2,1-4H3,(H,34,45)(H2,33,35,36). The Bertz CT molecular complexity index is 1560. The first-order valence-corrected chi connectivity index (χ1v) is 16.0. The van der Waals surface area contributed by atoms with Gasteiger partial charge in [-0.25, -0.2) is 4.79 Å². The first-order valence-electron chi connectivity index (χ1n) is 16.0. The summed E-state index contributed by atoms with van der Waals surface area (Å²) in [4.78, 5) is 69.4. The van der Waals surface area contributed by atoms with Crippen molar-refractivity contribution in [3.63, 3.8) is 0 Å². The second-order valence-electron chi connectivity index (χ2n) is 12.0. The van der Waals surface area contributed by atoms with E-state index in [0.717, 1.165) is 24.0 Å². The molecule has 0 spiro atoms. The Balaban J connectivity index is 1.44. The highest BCUT2D eigenvalue weighted by molar-refractivity contribution is 5.82. The first kappa shape index (κ1) is 35.4. The summed E-state index contributed by atoms with van der Waals surface area (Å²) >= 11 is 0. The van der Waals surface area contributed by atoms with Crippen LogP contribution in [0.15, 0.2) is 29.1 Å². The number of rotatable bonds is 16. The van der Waals surface area contributed by atoms with E-state index < -0.39 is 0 Å². The molecule has 1 aliphatic rings. The minimum absolute atomic E-state index is 0.0362. The van der Waals surface area contributed by atoms with Crippen molar-refractivity contribution in [3.05, 3.63) is 45.9 Å². The zero-order valence-corrected chi connectivity index (χ0v) is 27.9. The highest BCUT2D eigenvalue weighted by Crippen LogP contribution is 2.18.